The van der Waals surface area contributed by atoms with Gasteiger partial charge in [-0.2, -0.15) is 0 Å². The second-order valence-corrected chi connectivity index (χ2v) is 8.04. The van der Waals surface area contributed by atoms with Gasteiger partial charge in [0.15, 0.2) is 0 Å². The van der Waals surface area contributed by atoms with Crippen molar-refractivity contribution < 1.29 is 29.3 Å². The van der Waals surface area contributed by atoms with Crippen LogP contribution in [0.4, 0.5) is 0 Å². The molecule has 0 bridgehead atoms. The molecule has 1 aromatic heterocycles. The first-order valence-electron chi connectivity index (χ1n) is 10.7. The third-order valence-corrected chi connectivity index (χ3v) is 5.48. The molecule has 5 aromatic rings. The zero-order chi connectivity index (χ0) is 24.5. The molecule has 35 heavy (non-hydrogen) atoms. The SMILES string of the molecule is Cc1cc(Oc2ccc3cc(C(=O)O)ccc3c2)cc(Oc2ccc3cc(C(=O)O)ccc3c2)n1. The lowest BCUT2D eigenvalue weighted by Crippen LogP contribution is -1.96. The Morgan fingerprint density at radius 2 is 1.09 bits per heavy atom. The van der Waals surface area contributed by atoms with Crippen LogP contribution in [0.15, 0.2) is 84.9 Å². The van der Waals surface area contributed by atoms with E-state index in [-0.39, 0.29) is 11.1 Å². The van der Waals surface area contributed by atoms with Crippen molar-refractivity contribution in [1.82, 2.24) is 4.98 Å². The normalized spacial score (nSPS) is 10.9. The van der Waals surface area contributed by atoms with Crippen molar-refractivity contribution in [2.75, 3.05) is 0 Å². The molecule has 7 nitrogen and oxygen atoms in total. The van der Waals surface area contributed by atoms with Crippen molar-refractivity contribution in [3.63, 3.8) is 0 Å². The second kappa shape index (κ2) is 8.79. The molecule has 0 spiro atoms. The number of hydrogen-bond acceptors (Lipinski definition) is 5. The number of benzene rings is 4. The summed E-state index contributed by atoms with van der Waals surface area (Å²) in [5.74, 6) is 0.111. The predicted octanol–water partition coefficient (Wildman–Crippen LogP) is 6.68. The van der Waals surface area contributed by atoms with Gasteiger partial charge in [0.2, 0.25) is 5.88 Å². The maximum Gasteiger partial charge on any atom is 0.335 e. The summed E-state index contributed by atoms with van der Waals surface area (Å²) in [5, 5.41) is 21.6. The lowest BCUT2D eigenvalue weighted by Gasteiger charge is -2.11. The molecule has 0 radical (unpaired) electrons. The van der Waals surface area contributed by atoms with E-state index >= 15 is 0 Å². The lowest BCUT2D eigenvalue weighted by atomic mass is 10.1. The molecule has 0 atom stereocenters. The van der Waals surface area contributed by atoms with E-state index < -0.39 is 11.9 Å². The van der Waals surface area contributed by atoms with Gasteiger partial charge in [0.25, 0.3) is 0 Å². The van der Waals surface area contributed by atoms with Crippen molar-refractivity contribution in [3.8, 4) is 23.1 Å². The number of pyridine rings is 1. The Labute approximate surface area is 199 Å². The van der Waals surface area contributed by atoms with Gasteiger partial charge >= 0.3 is 11.9 Å². The molecule has 0 fully saturated rings. The highest BCUT2D eigenvalue weighted by atomic mass is 16.5. The number of aromatic carboxylic acids is 2. The molecule has 0 aliphatic rings. The van der Waals surface area contributed by atoms with Crippen molar-refractivity contribution in [2.45, 2.75) is 6.92 Å². The summed E-state index contributed by atoms with van der Waals surface area (Å²) in [4.78, 5) is 26.8. The number of aryl methyl sites for hydroxylation is 1. The van der Waals surface area contributed by atoms with Crippen LogP contribution in [0, 0.1) is 6.92 Å². The fourth-order valence-electron chi connectivity index (χ4n) is 3.82. The van der Waals surface area contributed by atoms with E-state index in [0.717, 1.165) is 21.5 Å². The summed E-state index contributed by atoms with van der Waals surface area (Å²) in [6.07, 6.45) is 0. The predicted molar refractivity (Wildman–Crippen MR) is 131 cm³/mol. The Bertz CT molecular complexity index is 1510. The highest BCUT2D eigenvalue weighted by Crippen LogP contribution is 2.31. The Morgan fingerprint density at radius 1 is 0.600 bits per heavy atom. The summed E-state index contributed by atoms with van der Waals surface area (Å²) in [6, 6.07) is 24.1. The summed E-state index contributed by atoms with van der Waals surface area (Å²) in [5.41, 5.74) is 1.16. The molecule has 0 saturated heterocycles. The van der Waals surface area contributed by atoms with Crippen LogP contribution in [-0.2, 0) is 0 Å². The van der Waals surface area contributed by atoms with E-state index in [4.69, 9.17) is 14.6 Å². The van der Waals surface area contributed by atoms with Gasteiger partial charge in [-0.15, -0.1) is 0 Å². The van der Waals surface area contributed by atoms with Crippen molar-refractivity contribution >= 4 is 33.5 Å². The number of aromatic nitrogens is 1. The van der Waals surface area contributed by atoms with Crippen molar-refractivity contribution in [1.29, 1.82) is 0 Å². The van der Waals surface area contributed by atoms with E-state index in [1.165, 1.54) is 0 Å². The van der Waals surface area contributed by atoms with Gasteiger partial charge in [-0.3, -0.25) is 0 Å². The summed E-state index contributed by atoms with van der Waals surface area (Å²) >= 11 is 0. The lowest BCUT2D eigenvalue weighted by molar-refractivity contribution is 0.0686. The number of nitrogens with zero attached hydrogens (tertiary/aromatic N) is 1. The number of carbonyl (C=O) groups is 2. The third-order valence-electron chi connectivity index (χ3n) is 5.48. The van der Waals surface area contributed by atoms with Gasteiger partial charge in [0.05, 0.1) is 11.1 Å². The molecule has 5 rings (SSSR count). The molecular formula is C28H19NO6. The first-order chi connectivity index (χ1) is 16.8. The highest BCUT2D eigenvalue weighted by Gasteiger charge is 2.09. The molecule has 0 amide bonds. The van der Waals surface area contributed by atoms with Gasteiger partial charge in [0, 0.05) is 17.8 Å². The summed E-state index contributed by atoms with van der Waals surface area (Å²) in [6.45, 7) is 1.83. The van der Waals surface area contributed by atoms with Crippen LogP contribution in [0.1, 0.15) is 26.4 Å². The summed E-state index contributed by atoms with van der Waals surface area (Å²) < 4.78 is 12.0. The Kier molecular flexibility index (Phi) is 5.51. The first-order valence-corrected chi connectivity index (χ1v) is 10.7. The zero-order valence-electron chi connectivity index (χ0n) is 18.6. The van der Waals surface area contributed by atoms with Gasteiger partial charge < -0.3 is 19.7 Å². The largest absolute Gasteiger partial charge is 0.478 e. The fraction of sp³-hybridized carbons (Fsp3) is 0.0357. The molecule has 1 heterocycles. The van der Waals surface area contributed by atoms with Crippen molar-refractivity contribution in [2.24, 2.45) is 0 Å². The number of rotatable bonds is 6. The molecule has 7 heteroatoms. The fourth-order valence-corrected chi connectivity index (χ4v) is 3.82. The minimum Gasteiger partial charge on any atom is -0.478 e. The van der Waals surface area contributed by atoms with Crippen LogP contribution in [0.3, 0.4) is 0 Å². The number of hydrogen-bond donors (Lipinski definition) is 2. The molecule has 4 aromatic carbocycles. The number of fused-ring (bicyclic) bond motifs is 2. The molecule has 0 saturated carbocycles. The average molecular weight is 465 g/mol. The van der Waals surface area contributed by atoms with Gasteiger partial charge in [0.1, 0.15) is 17.2 Å². The first kappa shape index (κ1) is 21.9. The Balaban J connectivity index is 1.38. The number of carboxylic acid groups (broad SMARTS) is 2. The minimum atomic E-state index is -0.972. The van der Waals surface area contributed by atoms with E-state index in [2.05, 4.69) is 4.98 Å². The monoisotopic (exact) mass is 465 g/mol. The van der Waals surface area contributed by atoms with Crippen LogP contribution < -0.4 is 9.47 Å². The average Bonchev–Trinajstić information content (AvgIpc) is 2.83. The van der Waals surface area contributed by atoms with E-state index in [9.17, 15) is 14.7 Å². The quantitative estimate of drug-likeness (QED) is 0.288. The third kappa shape index (κ3) is 4.74. The van der Waals surface area contributed by atoms with Gasteiger partial charge in [-0.1, -0.05) is 24.3 Å². The van der Waals surface area contributed by atoms with E-state index in [1.54, 1.807) is 66.7 Å². The summed E-state index contributed by atoms with van der Waals surface area (Å²) in [7, 11) is 0. The molecule has 0 unspecified atom stereocenters. The van der Waals surface area contributed by atoms with E-state index in [0.29, 0.717) is 28.8 Å². The van der Waals surface area contributed by atoms with Crippen LogP contribution in [0.25, 0.3) is 21.5 Å². The highest BCUT2D eigenvalue weighted by molar-refractivity contribution is 5.95. The van der Waals surface area contributed by atoms with Crippen LogP contribution in [0.5, 0.6) is 23.1 Å². The molecule has 0 aliphatic heterocycles. The topological polar surface area (TPSA) is 106 Å². The van der Waals surface area contributed by atoms with Crippen LogP contribution in [0.2, 0.25) is 0 Å². The minimum absolute atomic E-state index is 0.226. The molecule has 0 aliphatic carbocycles. The number of ether oxygens (including phenoxy) is 2. The Hall–Kier alpha value is -4.91. The maximum atomic E-state index is 11.2. The number of carboxylic acids is 2. The van der Waals surface area contributed by atoms with E-state index in [1.807, 2.05) is 25.1 Å². The van der Waals surface area contributed by atoms with Gasteiger partial charge in [-0.25, -0.2) is 14.6 Å². The Morgan fingerprint density at radius 3 is 1.63 bits per heavy atom. The molecule has 172 valence electrons. The van der Waals surface area contributed by atoms with Crippen LogP contribution in [-0.4, -0.2) is 27.1 Å². The molecule has 2 N–H and O–H groups in total. The zero-order valence-corrected chi connectivity index (χ0v) is 18.6. The maximum absolute atomic E-state index is 11.2. The smallest absolute Gasteiger partial charge is 0.335 e. The van der Waals surface area contributed by atoms with Crippen LogP contribution >= 0.6 is 0 Å². The van der Waals surface area contributed by atoms with Gasteiger partial charge in [-0.05, 0) is 77.0 Å². The standard InChI is InChI=1S/C28H19NO6/c1-16-10-25(34-23-8-6-17-11-21(27(30)31)4-2-19(17)13-23)15-26(29-16)35-24-9-7-18-12-22(28(32)33)5-3-20(18)14-24/h2-15H,1H3,(H,30,31)(H,32,33). The molecular weight excluding hydrogens is 446 g/mol. The van der Waals surface area contributed by atoms with Crippen molar-refractivity contribution in [3.05, 3.63) is 102 Å². The second-order valence-electron chi connectivity index (χ2n) is 8.04.